The van der Waals surface area contributed by atoms with Crippen LogP contribution in [0, 0.1) is 6.92 Å². The molecule has 0 amide bonds. The van der Waals surface area contributed by atoms with Crippen molar-refractivity contribution >= 4 is 28.9 Å². The van der Waals surface area contributed by atoms with Crippen molar-refractivity contribution in [2.75, 3.05) is 0 Å². The highest BCUT2D eigenvalue weighted by molar-refractivity contribution is 7.19. The van der Waals surface area contributed by atoms with E-state index in [-0.39, 0.29) is 12.3 Å². The maximum Gasteiger partial charge on any atom is 0.361 e. The van der Waals surface area contributed by atoms with Gasteiger partial charge in [0, 0.05) is 6.92 Å². The van der Waals surface area contributed by atoms with Crippen molar-refractivity contribution in [2.24, 2.45) is 0 Å². The lowest BCUT2D eigenvalue weighted by molar-refractivity contribution is 0.0467. The van der Waals surface area contributed by atoms with E-state index in [0.29, 0.717) is 16.0 Å². The summed E-state index contributed by atoms with van der Waals surface area (Å²) in [5, 5.41) is 0. The molecule has 4 nitrogen and oxygen atoms in total. The molecule has 3 aromatic rings. The van der Waals surface area contributed by atoms with Gasteiger partial charge < -0.3 is 9.15 Å². The molecule has 0 fully saturated rings. The molecular weight excluding hydrogens is 322 g/mol. The van der Waals surface area contributed by atoms with Gasteiger partial charge in [0.05, 0.1) is 9.21 Å². The molecular formula is C16H12ClNO3S. The van der Waals surface area contributed by atoms with Gasteiger partial charge in [0.25, 0.3) is 0 Å². The van der Waals surface area contributed by atoms with Crippen molar-refractivity contribution in [3.63, 3.8) is 0 Å². The second-order valence-corrected chi connectivity index (χ2v) is 6.29. The molecule has 2 aromatic heterocycles. The van der Waals surface area contributed by atoms with E-state index in [2.05, 4.69) is 4.98 Å². The van der Waals surface area contributed by atoms with E-state index < -0.39 is 5.97 Å². The van der Waals surface area contributed by atoms with Crippen molar-refractivity contribution in [1.29, 1.82) is 0 Å². The van der Waals surface area contributed by atoms with Crippen molar-refractivity contribution in [3.05, 3.63) is 63.9 Å². The number of rotatable bonds is 4. The highest BCUT2D eigenvalue weighted by Crippen LogP contribution is 2.34. The molecule has 0 aliphatic heterocycles. The Hall–Kier alpha value is -2.11. The van der Waals surface area contributed by atoms with Gasteiger partial charge in [-0.2, -0.15) is 0 Å². The molecule has 0 unspecified atom stereocenters. The minimum absolute atomic E-state index is 0.173. The minimum Gasteiger partial charge on any atom is -0.456 e. The number of carbonyl (C=O) groups is 1. The van der Waals surface area contributed by atoms with Crippen molar-refractivity contribution in [3.8, 4) is 10.6 Å². The molecule has 0 saturated carbocycles. The molecule has 0 bridgehead atoms. The second-order valence-electron chi connectivity index (χ2n) is 4.58. The van der Waals surface area contributed by atoms with E-state index in [1.165, 1.54) is 11.3 Å². The average molecular weight is 334 g/mol. The lowest BCUT2D eigenvalue weighted by atomic mass is 10.2. The van der Waals surface area contributed by atoms with Gasteiger partial charge in [-0.1, -0.05) is 41.9 Å². The minimum atomic E-state index is -0.514. The van der Waals surface area contributed by atoms with Crippen LogP contribution in [0.4, 0.5) is 0 Å². The Bertz CT molecular complexity index is 795. The number of carbonyl (C=O) groups excluding carboxylic acids is 1. The Morgan fingerprint density at radius 1 is 1.27 bits per heavy atom. The third kappa shape index (κ3) is 3.21. The molecule has 2 heterocycles. The van der Waals surface area contributed by atoms with Crippen LogP contribution < -0.4 is 0 Å². The molecule has 0 saturated heterocycles. The third-order valence-electron chi connectivity index (χ3n) is 2.94. The molecule has 0 radical (unpaired) electrons. The van der Waals surface area contributed by atoms with Crippen LogP contribution in [0.1, 0.15) is 21.9 Å². The molecule has 3 rings (SSSR count). The lowest BCUT2D eigenvalue weighted by Gasteiger charge is -2.03. The largest absolute Gasteiger partial charge is 0.456 e. The molecule has 0 N–H and O–H groups in total. The third-order valence-corrected chi connectivity index (χ3v) is 4.17. The first-order chi connectivity index (χ1) is 10.6. The fourth-order valence-corrected chi connectivity index (χ4v) is 2.99. The van der Waals surface area contributed by atoms with Crippen LogP contribution in [0.15, 0.2) is 46.9 Å². The van der Waals surface area contributed by atoms with Crippen molar-refractivity contribution in [1.82, 2.24) is 4.98 Å². The SMILES string of the molecule is Cc1nc(C(=O)OCc2ccccc2)c(-c2ccc(Cl)s2)o1. The van der Waals surface area contributed by atoms with E-state index in [4.69, 9.17) is 20.8 Å². The summed E-state index contributed by atoms with van der Waals surface area (Å²) in [6.07, 6.45) is 0. The maximum absolute atomic E-state index is 12.3. The van der Waals surface area contributed by atoms with Gasteiger partial charge in [-0.05, 0) is 17.7 Å². The normalized spacial score (nSPS) is 10.6. The molecule has 1 aromatic carbocycles. The summed E-state index contributed by atoms with van der Waals surface area (Å²) in [6, 6.07) is 13.0. The van der Waals surface area contributed by atoms with Crippen LogP contribution in [0.5, 0.6) is 0 Å². The van der Waals surface area contributed by atoms with Crippen LogP contribution in [-0.4, -0.2) is 11.0 Å². The molecule has 0 atom stereocenters. The molecule has 22 heavy (non-hydrogen) atoms. The molecule has 0 aliphatic carbocycles. The summed E-state index contributed by atoms with van der Waals surface area (Å²) >= 11 is 7.25. The van der Waals surface area contributed by atoms with Gasteiger partial charge in [0.15, 0.2) is 17.3 Å². The quantitative estimate of drug-likeness (QED) is 0.648. The number of aryl methyl sites for hydroxylation is 1. The number of hydrogen-bond acceptors (Lipinski definition) is 5. The first-order valence-electron chi connectivity index (χ1n) is 6.57. The summed E-state index contributed by atoms with van der Waals surface area (Å²) in [6.45, 7) is 1.88. The Balaban J connectivity index is 1.81. The molecule has 6 heteroatoms. The second kappa shape index (κ2) is 6.34. The number of halogens is 1. The van der Waals surface area contributed by atoms with Crippen LogP contribution in [-0.2, 0) is 11.3 Å². The average Bonchev–Trinajstić information content (AvgIpc) is 3.11. The monoisotopic (exact) mass is 333 g/mol. The summed E-state index contributed by atoms with van der Waals surface area (Å²) in [7, 11) is 0. The Morgan fingerprint density at radius 3 is 2.73 bits per heavy atom. The van der Waals surface area contributed by atoms with Crippen LogP contribution in [0.3, 0.4) is 0 Å². The summed E-state index contributed by atoms with van der Waals surface area (Å²) in [5.41, 5.74) is 1.09. The Kier molecular flexibility index (Phi) is 4.27. The Labute approximate surface area is 136 Å². The van der Waals surface area contributed by atoms with Gasteiger partial charge in [0.1, 0.15) is 6.61 Å². The first-order valence-corrected chi connectivity index (χ1v) is 7.77. The van der Waals surface area contributed by atoms with Gasteiger partial charge in [0.2, 0.25) is 0 Å². The highest BCUT2D eigenvalue weighted by Gasteiger charge is 2.22. The Morgan fingerprint density at radius 2 is 2.05 bits per heavy atom. The lowest BCUT2D eigenvalue weighted by Crippen LogP contribution is -2.07. The first kappa shape index (κ1) is 14.8. The predicted octanol–water partition coefficient (Wildman–Crippen LogP) is 4.72. The smallest absolute Gasteiger partial charge is 0.361 e. The zero-order chi connectivity index (χ0) is 15.5. The number of aromatic nitrogens is 1. The number of hydrogen-bond donors (Lipinski definition) is 0. The maximum atomic E-state index is 12.3. The van der Waals surface area contributed by atoms with Crippen LogP contribution in [0.25, 0.3) is 10.6 Å². The summed E-state index contributed by atoms with van der Waals surface area (Å²) < 4.78 is 11.5. The van der Waals surface area contributed by atoms with E-state index >= 15 is 0 Å². The molecule has 0 aliphatic rings. The number of oxazole rings is 1. The molecule has 0 spiro atoms. The van der Waals surface area contributed by atoms with Gasteiger partial charge >= 0.3 is 5.97 Å². The van der Waals surface area contributed by atoms with Gasteiger partial charge in [-0.3, -0.25) is 0 Å². The van der Waals surface area contributed by atoms with Crippen molar-refractivity contribution in [2.45, 2.75) is 13.5 Å². The predicted molar refractivity (Wildman–Crippen MR) is 85.1 cm³/mol. The van der Waals surface area contributed by atoms with E-state index in [9.17, 15) is 4.79 Å². The molecule has 112 valence electrons. The summed E-state index contributed by atoms with van der Waals surface area (Å²) in [5.74, 6) is 0.291. The van der Waals surface area contributed by atoms with Gasteiger partial charge in [-0.15, -0.1) is 11.3 Å². The van der Waals surface area contributed by atoms with E-state index in [1.807, 2.05) is 30.3 Å². The zero-order valence-electron chi connectivity index (χ0n) is 11.7. The highest BCUT2D eigenvalue weighted by atomic mass is 35.5. The fraction of sp³-hybridized carbons (Fsp3) is 0.125. The van der Waals surface area contributed by atoms with Crippen molar-refractivity contribution < 1.29 is 13.9 Å². The number of esters is 1. The van der Waals surface area contributed by atoms with Crippen LogP contribution >= 0.6 is 22.9 Å². The van der Waals surface area contributed by atoms with E-state index in [0.717, 1.165) is 10.4 Å². The van der Waals surface area contributed by atoms with Gasteiger partial charge in [-0.25, -0.2) is 9.78 Å². The fourth-order valence-electron chi connectivity index (χ4n) is 1.96. The number of thiophene rings is 1. The standard InChI is InChI=1S/C16H12ClNO3S/c1-10-18-14(15(21-10)12-7-8-13(17)22-12)16(19)20-9-11-5-3-2-4-6-11/h2-8H,9H2,1H3. The summed E-state index contributed by atoms with van der Waals surface area (Å²) in [4.78, 5) is 17.1. The zero-order valence-corrected chi connectivity index (χ0v) is 13.3. The van der Waals surface area contributed by atoms with E-state index in [1.54, 1.807) is 19.1 Å². The number of ether oxygens (including phenoxy) is 1. The topological polar surface area (TPSA) is 52.3 Å². The number of benzene rings is 1. The van der Waals surface area contributed by atoms with Crippen LogP contribution in [0.2, 0.25) is 4.34 Å². The number of nitrogens with zero attached hydrogens (tertiary/aromatic N) is 1.